The molecule has 0 radical (unpaired) electrons. The molecule has 1 saturated heterocycles. The number of ether oxygens (including phenoxy) is 1. The van der Waals surface area contributed by atoms with Crippen LogP contribution in [0.15, 0.2) is 24.3 Å². The highest BCUT2D eigenvalue weighted by Gasteiger charge is 2.19. The molecule has 0 atom stereocenters. The van der Waals surface area contributed by atoms with Crippen molar-refractivity contribution in [3.05, 3.63) is 29.8 Å². The molecule has 110 valence electrons. The lowest BCUT2D eigenvalue weighted by atomic mass is 10.1. The zero-order valence-electron chi connectivity index (χ0n) is 12.6. The number of benzene rings is 1. The van der Waals surface area contributed by atoms with E-state index in [-0.39, 0.29) is 12.0 Å². The first-order valence-corrected chi connectivity index (χ1v) is 7.28. The minimum Gasteiger partial charge on any atom is -0.491 e. The van der Waals surface area contributed by atoms with Crippen molar-refractivity contribution in [2.24, 2.45) is 0 Å². The number of hydrogen-bond donors (Lipinski definition) is 0. The van der Waals surface area contributed by atoms with Crippen molar-refractivity contribution in [3.8, 4) is 5.75 Å². The summed E-state index contributed by atoms with van der Waals surface area (Å²) in [6.45, 7) is 10.1. The minimum atomic E-state index is 0.174. The molecule has 0 aliphatic carbocycles. The van der Waals surface area contributed by atoms with Gasteiger partial charge in [-0.1, -0.05) is 18.2 Å². The number of amides is 1. The number of carbonyl (C=O) groups is 1. The molecule has 20 heavy (non-hydrogen) atoms. The molecule has 4 nitrogen and oxygen atoms in total. The first kappa shape index (κ1) is 14.9. The van der Waals surface area contributed by atoms with E-state index >= 15 is 0 Å². The average Bonchev–Trinajstić information content (AvgIpc) is 2.41. The van der Waals surface area contributed by atoms with E-state index in [0.29, 0.717) is 0 Å². The van der Waals surface area contributed by atoms with Crippen LogP contribution in [0.1, 0.15) is 26.3 Å². The second-order valence-electron chi connectivity index (χ2n) is 5.56. The van der Waals surface area contributed by atoms with Gasteiger partial charge in [-0.25, -0.2) is 0 Å². The van der Waals surface area contributed by atoms with E-state index in [1.807, 2.05) is 36.9 Å². The monoisotopic (exact) mass is 276 g/mol. The Morgan fingerprint density at radius 3 is 2.45 bits per heavy atom. The molecule has 1 aliphatic rings. The van der Waals surface area contributed by atoms with Gasteiger partial charge in [0.15, 0.2) is 0 Å². The van der Waals surface area contributed by atoms with E-state index in [1.54, 1.807) is 6.92 Å². The first-order chi connectivity index (χ1) is 9.56. The summed E-state index contributed by atoms with van der Waals surface area (Å²) in [6.07, 6.45) is 0.186. The van der Waals surface area contributed by atoms with Gasteiger partial charge < -0.3 is 9.64 Å². The lowest BCUT2D eigenvalue weighted by molar-refractivity contribution is -0.130. The number of para-hydroxylation sites is 1. The van der Waals surface area contributed by atoms with Crippen LogP contribution >= 0.6 is 0 Å². The zero-order chi connectivity index (χ0) is 14.5. The van der Waals surface area contributed by atoms with Gasteiger partial charge in [0.1, 0.15) is 5.75 Å². The van der Waals surface area contributed by atoms with Gasteiger partial charge in [-0.15, -0.1) is 0 Å². The fraction of sp³-hybridized carbons (Fsp3) is 0.562. The zero-order valence-corrected chi connectivity index (χ0v) is 12.6. The summed E-state index contributed by atoms with van der Waals surface area (Å²) >= 11 is 0. The van der Waals surface area contributed by atoms with E-state index < -0.39 is 0 Å². The van der Waals surface area contributed by atoms with Crippen LogP contribution in [0.25, 0.3) is 0 Å². The Hall–Kier alpha value is -1.55. The summed E-state index contributed by atoms with van der Waals surface area (Å²) < 4.78 is 5.86. The molecular weight excluding hydrogens is 252 g/mol. The van der Waals surface area contributed by atoms with Gasteiger partial charge in [-0.3, -0.25) is 9.69 Å². The average molecular weight is 276 g/mol. The summed E-state index contributed by atoms with van der Waals surface area (Å²) in [4.78, 5) is 15.6. The van der Waals surface area contributed by atoms with Gasteiger partial charge >= 0.3 is 0 Å². The van der Waals surface area contributed by atoms with E-state index in [2.05, 4.69) is 11.0 Å². The summed E-state index contributed by atoms with van der Waals surface area (Å²) in [5, 5.41) is 0. The molecule has 0 spiro atoms. The Labute approximate surface area is 121 Å². The molecule has 0 N–H and O–H groups in total. The van der Waals surface area contributed by atoms with Crippen LogP contribution in [0.5, 0.6) is 5.75 Å². The number of hydrogen-bond acceptors (Lipinski definition) is 3. The van der Waals surface area contributed by atoms with Gasteiger partial charge in [-0.05, 0) is 19.9 Å². The first-order valence-electron chi connectivity index (χ1n) is 7.28. The van der Waals surface area contributed by atoms with Crippen LogP contribution in [0.4, 0.5) is 0 Å². The lowest BCUT2D eigenvalue weighted by Crippen LogP contribution is -2.47. The summed E-state index contributed by atoms with van der Waals surface area (Å²) in [6, 6.07) is 8.21. The van der Waals surface area contributed by atoms with Crippen molar-refractivity contribution in [1.29, 1.82) is 0 Å². The second kappa shape index (κ2) is 6.75. The Morgan fingerprint density at radius 2 is 1.85 bits per heavy atom. The van der Waals surface area contributed by atoms with Crippen LogP contribution in [0, 0.1) is 0 Å². The molecule has 2 rings (SSSR count). The highest BCUT2D eigenvalue weighted by atomic mass is 16.5. The third-order valence-electron chi connectivity index (χ3n) is 3.55. The number of carbonyl (C=O) groups excluding carboxylic acids is 1. The van der Waals surface area contributed by atoms with Gasteiger partial charge in [0.2, 0.25) is 5.91 Å². The predicted octanol–water partition coefficient (Wildman–Crippen LogP) is 2.14. The number of rotatable bonds is 4. The van der Waals surface area contributed by atoms with Crippen LogP contribution in [0.2, 0.25) is 0 Å². The topological polar surface area (TPSA) is 32.8 Å². The van der Waals surface area contributed by atoms with Crippen molar-refractivity contribution in [2.45, 2.75) is 33.4 Å². The molecule has 0 aromatic heterocycles. The maximum absolute atomic E-state index is 11.3. The highest BCUT2D eigenvalue weighted by Crippen LogP contribution is 2.21. The van der Waals surface area contributed by atoms with Crippen LogP contribution in [0.3, 0.4) is 0 Å². The Balaban J connectivity index is 1.96. The van der Waals surface area contributed by atoms with Crippen molar-refractivity contribution in [2.75, 3.05) is 26.2 Å². The summed E-state index contributed by atoms with van der Waals surface area (Å²) in [5.41, 5.74) is 1.22. The molecule has 0 unspecified atom stereocenters. The second-order valence-corrected chi connectivity index (χ2v) is 5.56. The van der Waals surface area contributed by atoms with Gasteiger partial charge in [0.25, 0.3) is 0 Å². The summed E-state index contributed by atoms with van der Waals surface area (Å²) in [5.74, 6) is 1.14. The molecule has 1 fully saturated rings. The van der Waals surface area contributed by atoms with E-state index in [0.717, 1.165) is 38.5 Å². The molecule has 1 amide bonds. The van der Waals surface area contributed by atoms with Gasteiger partial charge in [0, 0.05) is 45.2 Å². The molecule has 0 bridgehead atoms. The van der Waals surface area contributed by atoms with Gasteiger partial charge in [0.05, 0.1) is 6.10 Å². The fourth-order valence-corrected chi connectivity index (χ4v) is 2.47. The summed E-state index contributed by atoms with van der Waals surface area (Å²) in [7, 11) is 0. The normalized spacial score (nSPS) is 16.5. The van der Waals surface area contributed by atoms with Crippen molar-refractivity contribution in [1.82, 2.24) is 9.80 Å². The van der Waals surface area contributed by atoms with Crippen LogP contribution < -0.4 is 4.74 Å². The molecule has 1 heterocycles. The predicted molar refractivity (Wildman–Crippen MR) is 79.7 cm³/mol. The van der Waals surface area contributed by atoms with Crippen LogP contribution in [-0.2, 0) is 11.3 Å². The molecule has 4 heteroatoms. The number of piperazine rings is 1. The van der Waals surface area contributed by atoms with Gasteiger partial charge in [-0.2, -0.15) is 0 Å². The van der Waals surface area contributed by atoms with Crippen LogP contribution in [-0.4, -0.2) is 48.0 Å². The smallest absolute Gasteiger partial charge is 0.219 e. The maximum atomic E-state index is 11.3. The standard InChI is InChI=1S/C16H24N2O2/c1-13(2)20-16-7-5-4-6-15(16)12-17-8-10-18(11-9-17)14(3)19/h4-7,13H,8-12H2,1-3H3. The minimum absolute atomic E-state index is 0.174. The third-order valence-corrected chi connectivity index (χ3v) is 3.55. The number of nitrogens with zero attached hydrogens (tertiary/aromatic N) is 2. The Kier molecular flexibility index (Phi) is 5.01. The molecule has 1 aliphatic heterocycles. The fourth-order valence-electron chi connectivity index (χ4n) is 2.47. The third kappa shape index (κ3) is 3.97. The van der Waals surface area contributed by atoms with E-state index in [1.165, 1.54) is 5.56 Å². The largest absolute Gasteiger partial charge is 0.491 e. The molecule has 1 aromatic rings. The lowest BCUT2D eigenvalue weighted by Gasteiger charge is -2.34. The maximum Gasteiger partial charge on any atom is 0.219 e. The van der Waals surface area contributed by atoms with Crippen molar-refractivity contribution < 1.29 is 9.53 Å². The SMILES string of the molecule is CC(=O)N1CCN(Cc2ccccc2OC(C)C)CC1. The Morgan fingerprint density at radius 1 is 1.20 bits per heavy atom. The van der Waals surface area contributed by atoms with E-state index in [4.69, 9.17) is 4.74 Å². The van der Waals surface area contributed by atoms with Crippen molar-refractivity contribution in [3.63, 3.8) is 0 Å². The van der Waals surface area contributed by atoms with E-state index in [9.17, 15) is 4.79 Å². The molecule has 1 aromatic carbocycles. The van der Waals surface area contributed by atoms with Crippen molar-refractivity contribution >= 4 is 5.91 Å². The molecule has 0 saturated carbocycles. The Bertz CT molecular complexity index is 452. The quantitative estimate of drug-likeness (QED) is 0.844. The highest BCUT2D eigenvalue weighted by molar-refractivity contribution is 5.73. The molecular formula is C16H24N2O2.